The van der Waals surface area contributed by atoms with Crippen molar-refractivity contribution in [2.45, 2.75) is 36.9 Å². The minimum Gasteiger partial charge on any atom is -0.479 e. The lowest BCUT2D eigenvalue weighted by Gasteiger charge is -2.52. The van der Waals surface area contributed by atoms with E-state index in [-0.39, 0.29) is 16.5 Å². The highest BCUT2D eigenvalue weighted by molar-refractivity contribution is 8.00. The number of thioether (sulfide) groups is 1. The number of oxime groups is 1. The van der Waals surface area contributed by atoms with Crippen LogP contribution in [0, 0.1) is 0 Å². The van der Waals surface area contributed by atoms with Gasteiger partial charge in [-0.3, -0.25) is 9.59 Å². The number of amides is 2. The third-order valence-corrected chi connectivity index (χ3v) is 6.62. The number of β-lactam (4-membered cyclic amide) rings is 1. The number of nitrogens with two attached hydrogens (primary N) is 1. The van der Waals surface area contributed by atoms with Crippen molar-refractivity contribution in [3.63, 3.8) is 0 Å². The highest BCUT2D eigenvalue weighted by Crippen LogP contribution is 2.39. The van der Waals surface area contributed by atoms with E-state index in [1.807, 2.05) is 0 Å². The first kappa shape index (κ1) is 22.6. The van der Waals surface area contributed by atoms with Crippen LogP contribution < -0.4 is 11.1 Å². The Hall–Kier alpha value is -3.13. The van der Waals surface area contributed by atoms with Gasteiger partial charge in [-0.2, -0.15) is 0 Å². The molecule has 14 heteroatoms. The van der Waals surface area contributed by atoms with Crippen molar-refractivity contribution in [3.05, 3.63) is 23.2 Å². The third-order valence-electron chi connectivity index (χ3n) is 4.56. The number of fused-ring (bicyclic) bond motifs is 1. The van der Waals surface area contributed by atoms with Gasteiger partial charge in [0, 0.05) is 11.1 Å². The zero-order chi connectivity index (χ0) is 23.1. The number of hydrogen-bond donors (Lipinski definition) is 4. The lowest BCUT2D eigenvalue weighted by atomic mass is 9.98. The number of nitrogen functional groups attached to an aromatic ring is 1. The number of nitrogens with zero attached hydrogens (tertiary/aromatic N) is 3. The van der Waals surface area contributed by atoms with Crippen molar-refractivity contribution >= 4 is 57.7 Å². The summed E-state index contributed by atoms with van der Waals surface area (Å²) in [4.78, 5) is 58.4. The minimum absolute atomic E-state index is 0.0397. The van der Waals surface area contributed by atoms with E-state index < -0.39 is 46.8 Å². The average Bonchev–Trinajstić information content (AvgIpc) is 3.11. The second kappa shape index (κ2) is 8.19. The lowest BCUT2D eigenvalue weighted by Crippen LogP contribution is -2.75. The van der Waals surface area contributed by atoms with E-state index in [0.29, 0.717) is 11.3 Å². The molecule has 2 aliphatic rings. The van der Waals surface area contributed by atoms with Crippen LogP contribution >= 0.6 is 23.1 Å². The molecule has 0 unspecified atom stereocenters. The van der Waals surface area contributed by atoms with Crippen LogP contribution in [0.4, 0.5) is 5.13 Å². The Balaban J connectivity index is 1.81. The van der Waals surface area contributed by atoms with Crippen molar-refractivity contribution in [1.29, 1.82) is 0 Å². The van der Waals surface area contributed by atoms with E-state index in [1.54, 1.807) is 0 Å². The first-order valence-electron chi connectivity index (χ1n) is 8.80. The maximum atomic E-state index is 12.9. The maximum Gasteiger partial charge on any atom is 0.350 e. The van der Waals surface area contributed by atoms with E-state index >= 15 is 0 Å². The molecule has 166 valence electrons. The highest BCUT2D eigenvalue weighted by Gasteiger charge is 2.56. The number of hydrogen-bond acceptors (Lipinski definition) is 10. The van der Waals surface area contributed by atoms with Crippen LogP contribution in [0.2, 0.25) is 0 Å². The molecule has 0 spiro atoms. The van der Waals surface area contributed by atoms with Crippen LogP contribution in [0.5, 0.6) is 0 Å². The van der Waals surface area contributed by atoms with E-state index in [1.165, 1.54) is 31.0 Å². The van der Waals surface area contributed by atoms with Crippen LogP contribution in [0.1, 0.15) is 19.5 Å². The molecule has 0 aliphatic carbocycles. The average molecular weight is 470 g/mol. The normalized spacial score (nSPS) is 23.6. The summed E-state index contributed by atoms with van der Waals surface area (Å²) in [6.45, 7) is 6.19. The molecule has 2 saturated heterocycles. The van der Waals surface area contributed by atoms with E-state index in [2.05, 4.69) is 22.0 Å². The molecular formula is C17H19N5O7S2. The molecule has 3 rings (SSSR count). The predicted molar refractivity (Wildman–Crippen MR) is 111 cm³/mol. The number of carboxylic acids is 2. The van der Waals surface area contributed by atoms with Gasteiger partial charge in [-0.1, -0.05) is 11.7 Å². The van der Waals surface area contributed by atoms with Crippen LogP contribution in [-0.4, -0.2) is 78.4 Å². The molecule has 0 saturated carbocycles. The van der Waals surface area contributed by atoms with Gasteiger partial charge in [0.1, 0.15) is 17.1 Å². The molecule has 3 atom stereocenters. The van der Waals surface area contributed by atoms with Gasteiger partial charge in [0.25, 0.3) is 5.91 Å². The first-order valence-corrected chi connectivity index (χ1v) is 10.7. The molecule has 0 aromatic carbocycles. The molecule has 3 heterocycles. The minimum atomic E-state index is -1.73. The molecule has 12 nitrogen and oxygen atoms in total. The summed E-state index contributed by atoms with van der Waals surface area (Å²) in [6, 6.07) is -2.15. The quantitative estimate of drug-likeness (QED) is 0.179. The fraction of sp³-hybridized carbons (Fsp3) is 0.412. The van der Waals surface area contributed by atoms with Gasteiger partial charge >= 0.3 is 11.9 Å². The number of nitrogens with one attached hydrogen (secondary N) is 1. The van der Waals surface area contributed by atoms with Crippen molar-refractivity contribution in [1.82, 2.24) is 15.2 Å². The van der Waals surface area contributed by atoms with E-state index in [4.69, 9.17) is 10.6 Å². The number of carboxylic acid groups (broad SMARTS) is 2. The van der Waals surface area contributed by atoms with Gasteiger partial charge in [-0.25, -0.2) is 14.6 Å². The van der Waals surface area contributed by atoms with Crippen molar-refractivity contribution in [2.75, 3.05) is 11.5 Å². The highest BCUT2D eigenvalue weighted by atomic mass is 32.2. The number of anilines is 1. The van der Waals surface area contributed by atoms with E-state index in [9.17, 15) is 29.4 Å². The van der Waals surface area contributed by atoms with Crippen LogP contribution in [0.15, 0.2) is 22.7 Å². The van der Waals surface area contributed by atoms with Crippen LogP contribution in [-0.2, 0) is 24.0 Å². The Bertz CT molecular complexity index is 1000. The van der Waals surface area contributed by atoms with Gasteiger partial charge in [0.2, 0.25) is 11.5 Å². The molecule has 0 bridgehead atoms. The largest absolute Gasteiger partial charge is 0.479 e. The van der Waals surface area contributed by atoms with Crippen molar-refractivity contribution in [3.8, 4) is 0 Å². The molecule has 31 heavy (non-hydrogen) atoms. The molecule has 2 amide bonds. The third kappa shape index (κ3) is 4.20. The van der Waals surface area contributed by atoms with Gasteiger partial charge in [-0.15, -0.1) is 23.1 Å². The van der Waals surface area contributed by atoms with E-state index in [0.717, 1.165) is 16.2 Å². The summed E-state index contributed by atoms with van der Waals surface area (Å²) in [7, 11) is 0. The fourth-order valence-electron chi connectivity index (χ4n) is 2.84. The Kier molecular flexibility index (Phi) is 5.96. The molecule has 1 aromatic rings. The molecule has 0 radical (unpaired) electrons. The Morgan fingerprint density at radius 2 is 2.10 bits per heavy atom. The van der Waals surface area contributed by atoms with Crippen LogP contribution in [0.3, 0.4) is 0 Å². The van der Waals surface area contributed by atoms with Gasteiger partial charge in [0.05, 0.1) is 0 Å². The first-order chi connectivity index (χ1) is 14.4. The summed E-state index contributed by atoms with van der Waals surface area (Å²) in [5.41, 5.74) is 3.94. The summed E-state index contributed by atoms with van der Waals surface area (Å²) < 4.78 is 0. The summed E-state index contributed by atoms with van der Waals surface area (Å²) in [6.07, 6.45) is 0. The van der Waals surface area contributed by atoms with Gasteiger partial charge in [0.15, 0.2) is 16.9 Å². The number of carbonyl (C=O) groups excluding carboxylic acids is 2. The Morgan fingerprint density at radius 3 is 2.65 bits per heavy atom. The predicted octanol–water partition coefficient (Wildman–Crippen LogP) is -0.281. The van der Waals surface area contributed by atoms with Crippen molar-refractivity contribution in [2.24, 2.45) is 5.16 Å². The molecule has 2 aliphatic heterocycles. The number of rotatable bonds is 7. The van der Waals surface area contributed by atoms with Crippen molar-refractivity contribution < 1.29 is 34.2 Å². The van der Waals surface area contributed by atoms with Gasteiger partial charge < -0.3 is 31.0 Å². The molecule has 2 fully saturated rings. The topological polar surface area (TPSA) is 185 Å². The second-order valence-corrected chi connectivity index (χ2v) is 9.21. The number of carbonyl (C=O) groups is 4. The maximum absolute atomic E-state index is 12.9. The number of aromatic nitrogens is 1. The monoisotopic (exact) mass is 469 g/mol. The molecular weight excluding hydrogens is 450 g/mol. The molecule has 1 aromatic heterocycles. The number of thiazole rings is 1. The summed E-state index contributed by atoms with van der Waals surface area (Å²) in [5.74, 6) is -3.61. The van der Waals surface area contributed by atoms with Gasteiger partial charge in [-0.05, 0) is 19.4 Å². The smallest absolute Gasteiger partial charge is 0.350 e. The zero-order valence-corrected chi connectivity index (χ0v) is 18.0. The number of aliphatic carboxylic acids is 2. The SMILES string of the molecule is C=C1CS[C@@H]2[C@H](NC(=O)/C(=N/OC(C)(C)C(=O)O)c3csc(N)n3)C(=O)N2[C@H]1C(=O)O. The standard InChI is InChI=1S/C17H19N5O7S2/c1-6-4-30-13-9(12(24)22(13)10(6)14(25)26)20-11(23)8(7-5-31-16(18)19-7)21-29-17(2,3)15(27)28/h5,9-10,13H,1,4H2,2-3H3,(H2,18,19)(H,20,23)(H,25,26)(H,27,28)/b21-8+/t9-,10-,13-/m1/s1. The Labute approximate surface area is 184 Å². The lowest BCUT2D eigenvalue weighted by molar-refractivity contribution is -0.161. The zero-order valence-electron chi connectivity index (χ0n) is 16.4. The fourth-order valence-corrected chi connectivity index (χ4v) is 4.69. The summed E-state index contributed by atoms with van der Waals surface area (Å²) >= 11 is 2.30. The summed E-state index contributed by atoms with van der Waals surface area (Å²) in [5, 5.41) is 25.7. The second-order valence-electron chi connectivity index (χ2n) is 7.21. The van der Waals surface area contributed by atoms with Crippen LogP contribution in [0.25, 0.3) is 0 Å². The molecule has 5 N–H and O–H groups in total. The Morgan fingerprint density at radius 1 is 1.42 bits per heavy atom.